The Labute approximate surface area is 138 Å². The van der Waals surface area contributed by atoms with E-state index >= 15 is 0 Å². The second-order valence-corrected chi connectivity index (χ2v) is 8.02. The highest BCUT2D eigenvalue weighted by Gasteiger charge is 2.30. The van der Waals surface area contributed by atoms with E-state index in [2.05, 4.69) is 6.58 Å². The lowest BCUT2D eigenvalue weighted by Gasteiger charge is -2.29. The Balaban J connectivity index is 3.69. The first-order valence-electron chi connectivity index (χ1n) is 7.64. The molecule has 0 unspecified atom stereocenters. The minimum absolute atomic E-state index is 0.313. The third-order valence-electron chi connectivity index (χ3n) is 3.79. The third-order valence-corrected chi connectivity index (χ3v) is 3.79. The van der Waals surface area contributed by atoms with Gasteiger partial charge in [-0.15, -0.1) is 0 Å². The zero-order valence-corrected chi connectivity index (χ0v) is 14.9. The van der Waals surface area contributed by atoms with Gasteiger partial charge in [0.2, 0.25) is 5.91 Å². The van der Waals surface area contributed by atoms with Crippen molar-refractivity contribution in [3.8, 4) is 0 Å². The Bertz CT molecular complexity index is 623. The number of nitrogens with two attached hydrogens (primary N) is 1. The highest BCUT2D eigenvalue weighted by molar-refractivity contribution is 5.93. The summed E-state index contributed by atoms with van der Waals surface area (Å²) < 4.78 is 0. The van der Waals surface area contributed by atoms with Crippen LogP contribution in [0.3, 0.4) is 0 Å². The number of aromatic carboxylic acids is 1. The summed E-state index contributed by atoms with van der Waals surface area (Å²) in [6.45, 7) is 15.6. The summed E-state index contributed by atoms with van der Waals surface area (Å²) >= 11 is 0. The Morgan fingerprint density at radius 2 is 1.43 bits per heavy atom. The largest absolute Gasteiger partial charge is 0.478 e. The second kappa shape index (κ2) is 6.19. The van der Waals surface area contributed by atoms with Gasteiger partial charge in [0.25, 0.3) is 0 Å². The first-order valence-corrected chi connectivity index (χ1v) is 7.64. The van der Waals surface area contributed by atoms with E-state index in [1.54, 1.807) is 0 Å². The SMILES string of the molecule is C=C(Cc1cc(C(C)(C)C)c(C(=O)O)c(C(C)(C)C)c1)C(N)=O. The van der Waals surface area contributed by atoms with Gasteiger partial charge < -0.3 is 10.8 Å². The van der Waals surface area contributed by atoms with Crippen molar-refractivity contribution in [2.75, 3.05) is 0 Å². The first-order chi connectivity index (χ1) is 10.2. The molecule has 0 aliphatic heterocycles. The fraction of sp³-hybridized carbons (Fsp3) is 0.474. The molecule has 0 aliphatic rings. The number of primary amides is 1. The van der Waals surface area contributed by atoms with Crippen molar-refractivity contribution < 1.29 is 14.7 Å². The Morgan fingerprint density at radius 1 is 1.04 bits per heavy atom. The van der Waals surface area contributed by atoms with E-state index in [9.17, 15) is 14.7 Å². The highest BCUT2D eigenvalue weighted by Crippen LogP contribution is 2.35. The van der Waals surface area contributed by atoms with Crippen molar-refractivity contribution in [3.05, 3.63) is 46.5 Å². The summed E-state index contributed by atoms with van der Waals surface area (Å²) in [5.74, 6) is -1.47. The molecule has 0 bridgehead atoms. The normalized spacial score (nSPS) is 12.1. The van der Waals surface area contributed by atoms with Gasteiger partial charge in [0.1, 0.15) is 0 Å². The van der Waals surface area contributed by atoms with Crippen molar-refractivity contribution in [2.24, 2.45) is 5.73 Å². The number of benzene rings is 1. The minimum Gasteiger partial charge on any atom is -0.478 e. The summed E-state index contributed by atoms with van der Waals surface area (Å²) in [7, 11) is 0. The summed E-state index contributed by atoms with van der Waals surface area (Å²) in [4.78, 5) is 23.2. The molecule has 0 spiro atoms. The molecule has 1 aromatic carbocycles. The number of hydrogen-bond donors (Lipinski definition) is 2. The van der Waals surface area contributed by atoms with Crippen LogP contribution in [0.5, 0.6) is 0 Å². The van der Waals surface area contributed by atoms with Gasteiger partial charge in [-0.1, -0.05) is 60.3 Å². The zero-order chi connectivity index (χ0) is 18.2. The van der Waals surface area contributed by atoms with Gasteiger partial charge in [0.05, 0.1) is 5.56 Å². The van der Waals surface area contributed by atoms with Crippen LogP contribution in [-0.4, -0.2) is 17.0 Å². The monoisotopic (exact) mass is 317 g/mol. The molecule has 0 radical (unpaired) electrons. The van der Waals surface area contributed by atoms with E-state index in [-0.39, 0.29) is 10.8 Å². The highest BCUT2D eigenvalue weighted by atomic mass is 16.4. The molecular formula is C19H27NO3. The molecule has 3 N–H and O–H groups in total. The lowest BCUT2D eigenvalue weighted by Crippen LogP contribution is -2.25. The molecule has 0 saturated carbocycles. The van der Waals surface area contributed by atoms with Gasteiger partial charge >= 0.3 is 5.97 Å². The lowest BCUT2D eigenvalue weighted by atomic mass is 9.75. The molecule has 4 nitrogen and oxygen atoms in total. The quantitative estimate of drug-likeness (QED) is 0.833. The number of carboxylic acids is 1. The fourth-order valence-electron chi connectivity index (χ4n) is 2.55. The number of amides is 1. The van der Waals surface area contributed by atoms with E-state index in [1.807, 2.05) is 53.7 Å². The van der Waals surface area contributed by atoms with Crippen molar-refractivity contribution in [1.82, 2.24) is 0 Å². The number of carbonyl (C=O) groups is 2. The van der Waals surface area contributed by atoms with Crippen molar-refractivity contribution in [3.63, 3.8) is 0 Å². The molecule has 1 aromatic rings. The Kier molecular flexibility index (Phi) is 5.10. The van der Waals surface area contributed by atoms with Crippen molar-refractivity contribution >= 4 is 11.9 Å². The maximum atomic E-state index is 11.9. The minimum atomic E-state index is -0.930. The molecule has 0 fully saturated rings. The maximum Gasteiger partial charge on any atom is 0.336 e. The molecule has 0 atom stereocenters. The molecule has 0 saturated heterocycles. The molecular weight excluding hydrogens is 290 g/mol. The average molecular weight is 317 g/mol. The van der Waals surface area contributed by atoms with Crippen LogP contribution in [0.1, 0.15) is 68.6 Å². The van der Waals surface area contributed by atoms with Gasteiger partial charge in [-0.05, 0) is 27.5 Å². The average Bonchev–Trinajstić information content (AvgIpc) is 2.35. The Hall–Kier alpha value is -2.10. The van der Waals surface area contributed by atoms with Crippen LogP contribution < -0.4 is 5.73 Å². The van der Waals surface area contributed by atoms with Crippen LogP contribution in [0.4, 0.5) is 0 Å². The molecule has 4 heteroatoms. The number of rotatable bonds is 4. The third kappa shape index (κ3) is 4.44. The second-order valence-electron chi connectivity index (χ2n) is 8.02. The zero-order valence-electron chi connectivity index (χ0n) is 14.9. The summed E-state index contributed by atoms with van der Waals surface area (Å²) in [5.41, 5.74) is 7.63. The van der Waals surface area contributed by atoms with Crippen molar-refractivity contribution in [1.29, 1.82) is 0 Å². The molecule has 0 heterocycles. The van der Waals surface area contributed by atoms with Crippen LogP contribution in [0, 0.1) is 0 Å². The summed E-state index contributed by atoms with van der Waals surface area (Å²) in [6, 6.07) is 3.71. The van der Waals surface area contributed by atoms with Crippen LogP contribution in [0.15, 0.2) is 24.3 Å². The maximum absolute atomic E-state index is 11.9. The van der Waals surface area contributed by atoms with E-state index in [4.69, 9.17) is 5.73 Å². The molecule has 0 aromatic heterocycles. The van der Waals surface area contributed by atoms with Crippen molar-refractivity contribution in [2.45, 2.75) is 58.8 Å². The topological polar surface area (TPSA) is 80.4 Å². The number of carboxylic acid groups (broad SMARTS) is 1. The van der Waals surface area contributed by atoms with E-state index in [0.29, 0.717) is 17.6 Å². The van der Waals surface area contributed by atoms with E-state index in [0.717, 1.165) is 16.7 Å². The summed E-state index contributed by atoms with van der Waals surface area (Å²) in [5, 5.41) is 9.74. The standard InChI is InChI=1S/C19H27NO3/c1-11(16(20)21)8-12-9-13(18(2,3)4)15(17(22)23)14(10-12)19(5,6)7/h9-10H,1,8H2,2-7H3,(H2,20,21)(H,22,23). The first kappa shape index (κ1) is 18.9. The molecule has 1 amide bonds. The van der Waals surface area contributed by atoms with Crippen LogP contribution in [0.25, 0.3) is 0 Å². The molecule has 126 valence electrons. The summed E-state index contributed by atoms with van der Waals surface area (Å²) in [6.07, 6.45) is 0.321. The molecule has 0 aliphatic carbocycles. The van der Waals surface area contributed by atoms with Gasteiger partial charge in [0, 0.05) is 12.0 Å². The van der Waals surface area contributed by atoms with Gasteiger partial charge in [-0.2, -0.15) is 0 Å². The molecule has 23 heavy (non-hydrogen) atoms. The smallest absolute Gasteiger partial charge is 0.336 e. The Morgan fingerprint density at radius 3 is 1.70 bits per heavy atom. The number of hydrogen-bond acceptors (Lipinski definition) is 2. The van der Waals surface area contributed by atoms with Gasteiger partial charge in [-0.3, -0.25) is 4.79 Å². The van der Waals surface area contributed by atoms with Crippen LogP contribution in [-0.2, 0) is 22.0 Å². The predicted octanol–water partition coefficient (Wildman–Crippen LogP) is 3.56. The van der Waals surface area contributed by atoms with Gasteiger partial charge in [0.15, 0.2) is 0 Å². The number of carbonyl (C=O) groups excluding carboxylic acids is 1. The van der Waals surface area contributed by atoms with E-state index < -0.39 is 11.9 Å². The van der Waals surface area contributed by atoms with Crippen LogP contribution in [0.2, 0.25) is 0 Å². The lowest BCUT2D eigenvalue weighted by molar-refractivity contribution is -0.114. The predicted molar refractivity (Wildman–Crippen MR) is 92.8 cm³/mol. The van der Waals surface area contributed by atoms with E-state index in [1.165, 1.54) is 0 Å². The van der Waals surface area contributed by atoms with Crippen LogP contribution >= 0.6 is 0 Å². The van der Waals surface area contributed by atoms with Gasteiger partial charge in [-0.25, -0.2) is 4.79 Å². The molecule has 1 rings (SSSR count). The fourth-order valence-corrected chi connectivity index (χ4v) is 2.55.